The van der Waals surface area contributed by atoms with E-state index < -0.39 is 0 Å². The largest absolute Gasteiger partial charge is 0.395 e. The van der Waals surface area contributed by atoms with E-state index in [-0.39, 0.29) is 12.6 Å². The Morgan fingerprint density at radius 3 is 2.32 bits per heavy atom. The molecule has 128 valence electrons. The van der Waals surface area contributed by atoms with Crippen LogP contribution in [0.2, 0.25) is 0 Å². The maximum Gasteiger partial charge on any atom is 0.320 e. The number of aliphatic hydroxyl groups excluding tert-OH is 1. The van der Waals surface area contributed by atoms with Crippen LogP contribution in [0.5, 0.6) is 0 Å². The van der Waals surface area contributed by atoms with E-state index in [4.69, 9.17) is 0 Å². The molecule has 2 aliphatic rings. The first-order valence-electron chi connectivity index (χ1n) is 8.58. The molecule has 5 nitrogen and oxygen atoms in total. The second-order valence-corrected chi connectivity index (χ2v) is 7.85. The molecule has 0 aromatic heterocycles. The van der Waals surface area contributed by atoms with E-state index in [1.54, 1.807) is 0 Å². The van der Waals surface area contributed by atoms with E-state index in [1.165, 1.54) is 0 Å². The predicted molar refractivity (Wildman–Crippen MR) is 92.4 cm³/mol. The molecule has 2 heterocycles. The van der Waals surface area contributed by atoms with Crippen molar-refractivity contribution in [1.29, 1.82) is 0 Å². The predicted octanol–water partition coefficient (Wildman–Crippen LogP) is 1.57. The minimum atomic E-state index is 0.225. The fourth-order valence-corrected chi connectivity index (χ4v) is 4.18. The Morgan fingerprint density at radius 1 is 1.18 bits per heavy atom. The SMILES string of the molecule is CC(C)N(CCO)CC1CCN(C(=O)N2CCSCC2)CC1. The molecule has 0 bridgehead atoms. The zero-order valence-corrected chi connectivity index (χ0v) is 14.9. The summed E-state index contributed by atoms with van der Waals surface area (Å²) in [4.78, 5) is 18.9. The molecule has 0 aliphatic carbocycles. The van der Waals surface area contributed by atoms with E-state index in [9.17, 15) is 9.90 Å². The number of carbonyl (C=O) groups excluding carboxylic acids is 1. The molecule has 0 unspecified atom stereocenters. The average molecular weight is 330 g/mol. The van der Waals surface area contributed by atoms with Crippen molar-refractivity contribution in [1.82, 2.24) is 14.7 Å². The molecule has 0 saturated carbocycles. The van der Waals surface area contributed by atoms with Crippen molar-refractivity contribution in [3.8, 4) is 0 Å². The standard InChI is InChI=1S/C16H31N3O2S/c1-14(2)19(7-10-20)13-15-3-5-17(6-4-15)16(21)18-8-11-22-12-9-18/h14-15,20H,3-13H2,1-2H3. The van der Waals surface area contributed by atoms with E-state index in [2.05, 4.69) is 18.7 Å². The van der Waals surface area contributed by atoms with Gasteiger partial charge in [-0.2, -0.15) is 11.8 Å². The van der Waals surface area contributed by atoms with Crippen LogP contribution in [0.1, 0.15) is 26.7 Å². The van der Waals surface area contributed by atoms with Gasteiger partial charge in [-0.25, -0.2) is 4.79 Å². The highest BCUT2D eigenvalue weighted by Gasteiger charge is 2.28. The zero-order chi connectivity index (χ0) is 15.9. The summed E-state index contributed by atoms with van der Waals surface area (Å²) in [5, 5.41) is 9.17. The topological polar surface area (TPSA) is 47.0 Å². The Hall–Kier alpha value is -0.460. The molecule has 2 fully saturated rings. The van der Waals surface area contributed by atoms with Gasteiger partial charge in [0.05, 0.1) is 6.61 Å². The van der Waals surface area contributed by atoms with Crippen LogP contribution in [0.4, 0.5) is 4.79 Å². The number of nitrogens with zero attached hydrogens (tertiary/aromatic N) is 3. The third-order valence-corrected chi connectivity index (χ3v) is 5.72. The second kappa shape index (κ2) is 8.99. The summed E-state index contributed by atoms with van der Waals surface area (Å²) in [6.45, 7) is 9.97. The molecule has 0 spiro atoms. The number of likely N-dealkylation sites (tertiary alicyclic amines) is 1. The first-order valence-corrected chi connectivity index (χ1v) is 9.73. The Kier molecular flexibility index (Phi) is 7.31. The highest BCUT2D eigenvalue weighted by Crippen LogP contribution is 2.21. The van der Waals surface area contributed by atoms with Gasteiger partial charge in [0.25, 0.3) is 0 Å². The molecule has 2 aliphatic heterocycles. The molecule has 0 aromatic rings. The third kappa shape index (κ3) is 5.03. The molecule has 22 heavy (non-hydrogen) atoms. The molecular weight excluding hydrogens is 298 g/mol. The van der Waals surface area contributed by atoms with Gasteiger partial charge in [0, 0.05) is 56.8 Å². The summed E-state index contributed by atoms with van der Waals surface area (Å²) in [5.74, 6) is 2.80. The van der Waals surface area contributed by atoms with Gasteiger partial charge in [0.15, 0.2) is 0 Å². The van der Waals surface area contributed by atoms with Crippen LogP contribution in [-0.4, -0.2) is 89.3 Å². The van der Waals surface area contributed by atoms with Crippen LogP contribution in [-0.2, 0) is 0 Å². The quantitative estimate of drug-likeness (QED) is 0.832. The number of thioether (sulfide) groups is 1. The number of amides is 2. The van der Waals surface area contributed by atoms with Crippen molar-refractivity contribution in [2.45, 2.75) is 32.7 Å². The van der Waals surface area contributed by atoms with Crippen LogP contribution in [0.3, 0.4) is 0 Å². The molecule has 0 atom stereocenters. The Morgan fingerprint density at radius 2 is 1.77 bits per heavy atom. The molecule has 2 saturated heterocycles. The highest BCUT2D eigenvalue weighted by molar-refractivity contribution is 7.99. The van der Waals surface area contributed by atoms with Crippen LogP contribution < -0.4 is 0 Å². The monoisotopic (exact) mass is 329 g/mol. The van der Waals surface area contributed by atoms with Crippen LogP contribution in [0.25, 0.3) is 0 Å². The van der Waals surface area contributed by atoms with Gasteiger partial charge in [0.1, 0.15) is 0 Å². The number of aliphatic hydroxyl groups is 1. The summed E-state index contributed by atoms with van der Waals surface area (Å²) in [6, 6.07) is 0.715. The normalized spacial score (nSPS) is 21.0. The minimum Gasteiger partial charge on any atom is -0.395 e. The van der Waals surface area contributed by atoms with Crippen molar-refractivity contribution >= 4 is 17.8 Å². The lowest BCUT2D eigenvalue weighted by atomic mass is 9.96. The lowest BCUT2D eigenvalue weighted by Crippen LogP contribution is -2.50. The van der Waals surface area contributed by atoms with Crippen molar-refractivity contribution in [3.63, 3.8) is 0 Å². The van der Waals surface area contributed by atoms with Gasteiger partial charge >= 0.3 is 6.03 Å². The molecule has 1 N–H and O–H groups in total. The highest BCUT2D eigenvalue weighted by atomic mass is 32.2. The average Bonchev–Trinajstić information content (AvgIpc) is 2.55. The smallest absolute Gasteiger partial charge is 0.320 e. The Bertz CT molecular complexity index is 340. The molecule has 2 rings (SSSR count). The molecule has 0 radical (unpaired) electrons. The maximum absolute atomic E-state index is 12.5. The zero-order valence-electron chi connectivity index (χ0n) is 14.0. The summed E-state index contributed by atoms with van der Waals surface area (Å²) < 4.78 is 0. The van der Waals surface area contributed by atoms with Crippen molar-refractivity contribution in [3.05, 3.63) is 0 Å². The molecule has 2 amide bonds. The van der Waals surface area contributed by atoms with E-state index in [0.717, 1.165) is 63.6 Å². The number of piperidine rings is 1. The summed E-state index contributed by atoms with van der Waals surface area (Å²) >= 11 is 1.94. The van der Waals surface area contributed by atoms with Crippen LogP contribution >= 0.6 is 11.8 Å². The number of hydrogen-bond acceptors (Lipinski definition) is 4. The number of urea groups is 1. The first-order chi connectivity index (χ1) is 10.6. The lowest BCUT2D eigenvalue weighted by Gasteiger charge is -2.38. The van der Waals surface area contributed by atoms with E-state index in [1.807, 2.05) is 21.6 Å². The van der Waals surface area contributed by atoms with Gasteiger partial charge in [-0.05, 0) is 32.6 Å². The van der Waals surface area contributed by atoms with E-state index >= 15 is 0 Å². The van der Waals surface area contributed by atoms with E-state index in [0.29, 0.717) is 12.0 Å². The Balaban J connectivity index is 1.76. The summed E-state index contributed by atoms with van der Waals surface area (Å²) in [5.41, 5.74) is 0. The van der Waals surface area contributed by atoms with Crippen molar-refractivity contribution in [2.75, 3.05) is 57.4 Å². The first kappa shape index (κ1) is 17.9. The Labute approximate surface area is 139 Å². The number of hydrogen-bond donors (Lipinski definition) is 1. The summed E-state index contributed by atoms with van der Waals surface area (Å²) in [7, 11) is 0. The fourth-order valence-electron chi connectivity index (χ4n) is 3.28. The van der Waals surface area contributed by atoms with Gasteiger partial charge in [-0.3, -0.25) is 4.90 Å². The number of carbonyl (C=O) groups is 1. The van der Waals surface area contributed by atoms with Gasteiger partial charge in [-0.1, -0.05) is 0 Å². The number of rotatable bonds is 5. The second-order valence-electron chi connectivity index (χ2n) is 6.62. The van der Waals surface area contributed by atoms with Crippen molar-refractivity contribution < 1.29 is 9.90 Å². The maximum atomic E-state index is 12.5. The van der Waals surface area contributed by atoms with Crippen LogP contribution in [0.15, 0.2) is 0 Å². The fraction of sp³-hybridized carbons (Fsp3) is 0.938. The van der Waals surface area contributed by atoms with Crippen LogP contribution in [0, 0.1) is 5.92 Å². The lowest BCUT2D eigenvalue weighted by molar-refractivity contribution is 0.104. The van der Waals surface area contributed by atoms with Gasteiger partial charge in [0.2, 0.25) is 0 Å². The van der Waals surface area contributed by atoms with Gasteiger partial charge in [-0.15, -0.1) is 0 Å². The van der Waals surface area contributed by atoms with Gasteiger partial charge < -0.3 is 14.9 Å². The minimum absolute atomic E-state index is 0.225. The van der Waals surface area contributed by atoms with Crippen molar-refractivity contribution in [2.24, 2.45) is 5.92 Å². The molecular formula is C16H31N3O2S. The molecule has 0 aromatic carbocycles. The third-order valence-electron chi connectivity index (χ3n) is 4.78. The summed E-state index contributed by atoms with van der Waals surface area (Å²) in [6.07, 6.45) is 2.17. The molecule has 6 heteroatoms.